The molecule has 0 unspecified atom stereocenters. The van der Waals surface area contributed by atoms with Crippen LogP contribution in [0.2, 0.25) is 0 Å². The zero-order chi connectivity index (χ0) is 17.7. The number of benzene rings is 1. The van der Waals surface area contributed by atoms with E-state index in [9.17, 15) is 4.79 Å². The Morgan fingerprint density at radius 2 is 1.67 bits per heavy atom. The van der Waals surface area contributed by atoms with Gasteiger partial charge in [0.15, 0.2) is 0 Å². The molecule has 2 amide bonds. The molecule has 1 heterocycles. The van der Waals surface area contributed by atoms with Gasteiger partial charge in [-0.25, -0.2) is 4.79 Å². The van der Waals surface area contributed by atoms with E-state index in [1.54, 1.807) is 0 Å². The lowest BCUT2D eigenvalue weighted by Crippen LogP contribution is -2.52. The molecular formula is C20H33N3O. The maximum absolute atomic E-state index is 12.2. The lowest BCUT2D eigenvalue weighted by molar-refractivity contribution is 0.194. The van der Waals surface area contributed by atoms with Gasteiger partial charge in [0, 0.05) is 38.4 Å². The summed E-state index contributed by atoms with van der Waals surface area (Å²) in [4.78, 5) is 16.5. The maximum Gasteiger partial charge on any atom is 0.317 e. The first-order valence-electron chi connectivity index (χ1n) is 9.15. The Labute approximate surface area is 147 Å². The van der Waals surface area contributed by atoms with E-state index in [0.29, 0.717) is 5.92 Å². The maximum atomic E-state index is 12.2. The highest BCUT2D eigenvalue weighted by atomic mass is 16.2. The monoisotopic (exact) mass is 331 g/mol. The van der Waals surface area contributed by atoms with Crippen molar-refractivity contribution in [2.75, 3.05) is 37.6 Å². The molecule has 0 bridgehead atoms. The van der Waals surface area contributed by atoms with Gasteiger partial charge >= 0.3 is 6.03 Å². The molecule has 4 heteroatoms. The molecule has 1 aromatic carbocycles. The number of amides is 2. The molecule has 2 rings (SSSR count). The summed E-state index contributed by atoms with van der Waals surface area (Å²) < 4.78 is 0. The van der Waals surface area contributed by atoms with Gasteiger partial charge in [0.1, 0.15) is 0 Å². The van der Waals surface area contributed by atoms with Gasteiger partial charge in [0.25, 0.3) is 0 Å². The standard InChI is InChI=1S/C20H33N3O/c1-16(2)10-11-21-19(24)23-14-12-22(13-15-23)18-8-6-17(7-9-18)20(3,4)5/h6-9,16H,10-15H2,1-5H3,(H,21,24). The minimum Gasteiger partial charge on any atom is -0.368 e. The summed E-state index contributed by atoms with van der Waals surface area (Å²) in [5.74, 6) is 0.623. The van der Waals surface area contributed by atoms with E-state index in [-0.39, 0.29) is 11.4 Å². The molecule has 0 atom stereocenters. The third-order valence-electron chi connectivity index (χ3n) is 4.66. The number of carbonyl (C=O) groups excluding carboxylic acids is 1. The summed E-state index contributed by atoms with van der Waals surface area (Å²) in [7, 11) is 0. The van der Waals surface area contributed by atoms with Crippen LogP contribution in [0.5, 0.6) is 0 Å². The lowest BCUT2D eigenvalue weighted by atomic mass is 9.87. The van der Waals surface area contributed by atoms with E-state index in [4.69, 9.17) is 0 Å². The molecule has 134 valence electrons. The number of hydrogen-bond donors (Lipinski definition) is 1. The van der Waals surface area contributed by atoms with Crippen LogP contribution in [0.3, 0.4) is 0 Å². The minimum atomic E-state index is 0.0818. The first-order chi connectivity index (χ1) is 11.3. The smallest absolute Gasteiger partial charge is 0.317 e. The molecule has 1 fully saturated rings. The van der Waals surface area contributed by atoms with E-state index in [2.05, 4.69) is 69.1 Å². The molecule has 24 heavy (non-hydrogen) atoms. The molecule has 0 spiro atoms. The van der Waals surface area contributed by atoms with Gasteiger partial charge in [-0.2, -0.15) is 0 Å². The molecule has 1 N–H and O–H groups in total. The summed E-state index contributed by atoms with van der Waals surface area (Å²) in [5.41, 5.74) is 2.79. The van der Waals surface area contributed by atoms with Gasteiger partial charge in [0.2, 0.25) is 0 Å². The van der Waals surface area contributed by atoms with Crippen molar-refractivity contribution in [1.82, 2.24) is 10.2 Å². The fourth-order valence-electron chi connectivity index (χ4n) is 2.92. The van der Waals surface area contributed by atoms with Gasteiger partial charge in [-0.05, 0) is 35.4 Å². The van der Waals surface area contributed by atoms with Crippen LogP contribution in [0.1, 0.15) is 46.6 Å². The average Bonchev–Trinajstić information content (AvgIpc) is 2.54. The third kappa shape index (κ3) is 5.15. The van der Waals surface area contributed by atoms with Crippen LogP contribution in [0.15, 0.2) is 24.3 Å². The van der Waals surface area contributed by atoms with E-state index in [1.807, 2.05) is 4.90 Å². The fourth-order valence-corrected chi connectivity index (χ4v) is 2.92. The van der Waals surface area contributed by atoms with Crippen LogP contribution in [0.25, 0.3) is 0 Å². The number of nitrogens with zero attached hydrogens (tertiary/aromatic N) is 2. The van der Waals surface area contributed by atoms with Crippen LogP contribution >= 0.6 is 0 Å². The van der Waals surface area contributed by atoms with Crippen molar-refractivity contribution in [3.63, 3.8) is 0 Å². The number of anilines is 1. The third-order valence-corrected chi connectivity index (χ3v) is 4.66. The van der Waals surface area contributed by atoms with Crippen molar-refractivity contribution in [3.05, 3.63) is 29.8 Å². The quantitative estimate of drug-likeness (QED) is 0.909. The summed E-state index contributed by atoms with van der Waals surface area (Å²) >= 11 is 0. The lowest BCUT2D eigenvalue weighted by Gasteiger charge is -2.36. The largest absolute Gasteiger partial charge is 0.368 e. The van der Waals surface area contributed by atoms with Crippen molar-refractivity contribution >= 4 is 11.7 Å². The summed E-state index contributed by atoms with van der Waals surface area (Å²) in [6, 6.07) is 8.94. The van der Waals surface area contributed by atoms with Crippen LogP contribution in [0.4, 0.5) is 10.5 Å². The van der Waals surface area contributed by atoms with Gasteiger partial charge in [0.05, 0.1) is 0 Å². The molecule has 1 aliphatic rings. The van der Waals surface area contributed by atoms with E-state index < -0.39 is 0 Å². The van der Waals surface area contributed by atoms with Crippen LogP contribution < -0.4 is 10.2 Å². The molecule has 1 saturated heterocycles. The molecule has 0 aliphatic carbocycles. The first-order valence-corrected chi connectivity index (χ1v) is 9.15. The van der Waals surface area contributed by atoms with Crippen molar-refractivity contribution in [1.29, 1.82) is 0 Å². The zero-order valence-corrected chi connectivity index (χ0v) is 15.9. The SMILES string of the molecule is CC(C)CCNC(=O)N1CCN(c2ccc(C(C)(C)C)cc2)CC1. The second-order valence-corrected chi connectivity index (χ2v) is 8.19. The summed E-state index contributed by atoms with van der Waals surface area (Å²) in [6.07, 6.45) is 1.03. The number of piperazine rings is 1. The van der Waals surface area contributed by atoms with E-state index >= 15 is 0 Å². The van der Waals surface area contributed by atoms with Gasteiger partial charge < -0.3 is 15.1 Å². The first kappa shape index (κ1) is 18.6. The average molecular weight is 332 g/mol. The van der Waals surface area contributed by atoms with E-state index in [1.165, 1.54) is 11.3 Å². The molecule has 1 aliphatic heterocycles. The normalized spacial score (nSPS) is 15.8. The molecule has 1 aromatic rings. The predicted octanol–water partition coefficient (Wildman–Crippen LogP) is 3.86. The topological polar surface area (TPSA) is 35.6 Å². The van der Waals surface area contributed by atoms with Crippen LogP contribution in [-0.4, -0.2) is 43.7 Å². The fraction of sp³-hybridized carbons (Fsp3) is 0.650. The number of rotatable bonds is 4. The molecule has 0 aromatic heterocycles. The number of urea groups is 1. The van der Waals surface area contributed by atoms with Crippen molar-refractivity contribution in [3.8, 4) is 0 Å². The summed E-state index contributed by atoms with van der Waals surface area (Å²) in [6.45, 7) is 15.2. The molecule has 0 saturated carbocycles. The predicted molar refractivity (Wildman–Crippen MR) is 102 cm³/mol. The zero-order valence-electron chi connectivity index (χ0n) is 15.9. The second kappa shape index (κ2) is 7.91. The van der Waals surface area contributed by atoms with Crippen LogP contribution in [-0.2, 0) is 5.41 Å². The van der Waals surface area contributed by atoms with Crippen LogP contribution in [0, 0.1) is 5.92 Å². The van der Waals surface area contributed by atoms with Gasteiger partial charge in [-0.3, -0.25) is 0 Å². The number of nitrogens with one attached hydrogen (secondary N) is 1. The number of hydrogen-bond acceptors (Lipinski definition) is 2. The molecule has 4 nitrogen and oxygen atoms in total. The Hall–Kier alpha value is -1.71. The second-order valence-electron chi connectivity index (χ2n) is 8.19. The summed E-state index contributed by atoms with van der Waals surface area (Å²) in [5, 5.41) is 3.03. The Bertz CT molecular complexity index is 523. The molecule has 0 radical (unpaired) electrons. The highest BCUT2D eigenvalue weighted by molar-refractivity contribution is 5.74. The highest BCUT2D eigenvalue weighted by Crippen LogP contribution is 2.25. The van der Waals surface area contributed by atoms with E-state index in [0.717, 1.165) is 39.1 Å². The van der Waals surface area contributed by atoms with Crippen molar-refractivity contribution < 1.29 is 4.79 Å². The van der Waals surface area contributed by atoms with Gasteiger partial charge in [-0.15, -0.1) is 0 Å². The Balaban J connectivity index is 1.83. The Morgan fingerprint density at radius 3 is 2.17 bits per heavy atom. The Kier molecular flexibility index (Phi) is 6.14. The van der Waals surface area contributed by atoms with Crippen molar-refractivity contribution in [2.45, 2.75) is 46.5 Å². The Morgan fingerprint density at radius 1 is 1.08 bits per heavy atom. The highest BCUT2D eigenvalue weighted by Gasteiger charge is 2.21. The minimum absolute atomic E-state index is 0.0818. The van der Waals surface area contributed by atoms with Gasteiger partial charge in [-0.1, -0.05) is 46.8 Å². The van der Waals surface area contributed by atoms with Crippen molar-refractivity contribution in [2.24, 2.45) is 5.92 Å². The number of carbonyl (C=O) groups is 1. The molecular weight excluding hydrogens is 298 g/mol.